The predicted molar refractivity (Wildman–Crippen MR) is 131 cm³/mol. The molecule has 33 heavy (non-hydrogen) atoms. The van der Waals surface area contributed by atoms with Gasteiger partial charge < -0.3 is 15.0 Å². The lowest BCUT2D eigenvalue weighted by Crippen LogP contribution is -2.37. The molecule has 1 amide bonds. The Morgan fingerprint density at radius 3 is 2.61 bits per heavy atom. The highest BCUT2D eigenvalue weighted by Gasteiger charge is 2.23. The molecule has 5 heteroatoms. The van der Waals surface area contributed by atoms with Crippen LogP contribution in [0.1, 0.15) is 48.8 Å². The molecular weight excluding hydrogens is 415 g/mol. The van der Waals surface area contributed by atoms with Crippen molar-refractivity contribution in [3.63, 3.8) is 0 Å². The van der Waals surface area contributed by atoms with E-state index < -0.39 is 0 Å². The average molecular weight is 451 g/mol. The molecular formula is C28H35FN2O2. The molecule has 0 saturated heterocycles. The fourth-order valence-corrected chi connectivity index (χ4v) is 5.16. The van der Waals surface area contributed by atoms with Gasteiger partial charge in [0.15, 0.2) is 0 Å². The minimum Gasteiger partial charge on any atom is -0.496 e. The van der Waals surface area contributed by atoms with E-state index in [9.17, 15) is 9.18 Å². The Kier molecular flexibility index (Phi) is 8.16. The van der Waals surface area contributed by atoms with Gasteiger partial charge in [0.05, 0.1) is 7.11 Å². The number of nitrogens with zero attached hydrogens (tertiary/aromatic N) is 1. The fraction of sp³-hybridized carbons (Fsp3) is 0.464. The van der Waals surface area contributed by atoms with Crippen molar-refractivity contribution in [2.24, 2.45) is 5.92 Å². The van der Waals surface area contributed by atoms with E-state index in [0.717, 1.165) is 62.5 Å². The molecule has 4 nitrogen and oxygen atoms in total. The van der Waals surface area contributed by atoms with Crippen LogP contribution in [0, 0.1) is 11.7 Å². The van der Waals surface area contributed by atoms with Gasteiger partial charge in [-0.1, -0.05) is 24.3 Å². The van der Waals surface area contributed by atoms with E-state index >= 15 is 0 Å². The van der Waals surface area contributed by atoms with Gasteiger partial charge in [-0.25, -0.2) is 4.39 Å². The standard InChI is InChI=1S/C28H35FN2O2/c1-33-27-4-2-3-23-16-19-31(20-17-26(23)27)18-15-22-7-12-25(13-8-22)30-28(32)14-9-21-5-10-24(29)11-6-21/h2-6,9-11,14,22,25H,7-8,12-13,15-20H2,1H3,(H,30,32)/b14-9+/t22-,25-. The van der Waals surface area contributed by atoms with E-state index in [1.807, 2.05) is 0 Å². The Balaban J connectivity index is 1.16. The van der Waals surface area contributed by atoms with Gasteiger partial charge in [0, 0.05) is 25.2 Å². The average Bonchev–Trinajstić information content (AvgIpc) is 3.05. The Morgan fingerprint density at radius 1 is 1.09 bits per heavy atom. The van der Waals surface area contributed by atoms with Gasteiger partial charge in [-0.05, 0) is 98.4 Å². The minimum atomic E-state index is -0.269. The fourth-order valence-electron chi connectivity index (χ4n) is 5.16. The van der Waals surface area contributed by atoms with Crippen LogP contribution in [0.5, 0.6) is 5.75 Å². The molecule has 0 spiro atoms. The summed E-state index contributed by atoms with van der Waals surface area (Å²) in [5.74, 6) is 1.44. The number of methoxy groups -OCH3 is 1. The zero-order chi connectivity index (χ0) is 23.0. The second-order valence-corrected chi connectivity index (χ2v) is 9.34. The van der Waals surface area contributed by atoms with Gasteiger partial charge in [-0.2, -0.15) is 0 Å². The van der Waals surface area contributed by atoms with E-state index in [1.165, 1.54) is 42.5 Å². The molecule has 1 fully saturated rings. The Morgan fingerprint density at radius 2 is 1.85 bits per heavy atom. The summed E-state index contributed by atoms with van der Waals surface area (Å²) < 4.78 is 18.6. The summed E-state index contributed by atoms with van der Waals surface area (Å²) in [6.07, 6.45) is 11.1. The Hall–Kier alpha value is -2.66. The van der Waals surface area contributed by atoms with Crippen LogP contribution >= 0.6 is 0 Å². The summed E-state index contributed by atoms with van der Waals surface area (Å²) in [4.78, 5) is 14.9. The number of hydrogen-bond donors (Lipinski definition) is 1. The van der Waals surface area contributed by atoms with Gasteiger partial charge in [-0.3, -0.25) is 4.79 Å². The first-order valence-corrected chi connectivity index (χ1v) is 12.2. The van der Waals surface area contributed by atoms with Gasteiger partial charge in [0.1, 0.15) is 11.6 Å². The molecule has 0 unspecified atom stereocenters. The van der Waals surface area contributed by atoms with Gasteiger partial charge in [0.25, 0.3) is 0 Å². The van der Waals surface area contributed by atoms with Crippen molar-refractivity contribution in [2.75, 3.05) is 26.7 Å². The van der Waals surface area contributed by atoms with Crippen LogP contribution in [-0.2, 0) is 17.6 Å². The lowest BCUT2D eigenvalue weighted by Gasteiger charge is -2.30. The molecule has 0 radical (unpaired) electrons. The number of carbonyl (C=O) groups is 1. The number of amides is 1. The van der Waals surface area contributed by atoms with Crippen LogP contribution in [0.3, 0.4) is 0 Å². The first-order chi connectivity index (χ1) is 16.1. The number of carbonyl (C=O) groups excluding carboxylic acids is 1. The number of benzene rings is 2. The van der Waals surface area contributed by atoms with Crippen molar-refractivity contribution in [1.82, 2.24) is 10.2 Å². The summed E-state index contributed by atoms with van der Waals surface area (Å²) in [7, 11) is 1.76. The normalized spacial score (nSPS) is 21.4. The molecule has 2 aliphatic rings. The maximum absolute atomic E-state index is 13.0. The van der Waals surface area contributed by atoms with Crippen molar-refractivity contribution in [1.29, 1.82) is 0 Å². The van der Waals surface area contributed by atoms with Crippen molar-refractivity contribution in [3.8, 4) is 5.75 Å². The first kappa shape index (κ1) is 23.5. The minimum absolute atomic E-state index is 0.0673. The van der Waals surface area contributed by atoms with Crippen LogP contribution in [0.2, 0.25) is 0 Å². The molecule has 0 aromatic heterocycles. The van der Waals surface area contributed by atoms with Crippen LogP contribution in [-0.4, -0.2) is 43.6 Å². The lowest BCUT2D eigenvalue weighted by atomic mass is 9.84. The van der Waals surface area contributed by atoms with Crippen molar-refractivity contribution < 1.29 is 13.9 Å². The van der Waals surface area contributed by atoms with Gasteiger partial charge >= 0.3 is 0 Å². The van der Waals surface area contributed by atoms with Gasteiger partial charge in [0.2, 0.25) is 5.91 Å². The third-order valence-electron chi connectivity index (χ3n) is 7.17. The van der Waals surface area contributed by atoms with E-state index in [1.54, 1.807) is 31.4 Å². The van der Waals surface area contributed by atoms with Gasteiger partial charge in [-0.15, -0.1) is 0 Å². The summed E-state index contributed by atoms with van der Waals surface area (Å²) in [6.45, 7) is 3.36. The highest BCUT2D eigenvalue weighted by Crippen LogP contribution is 2.29. The molecule has 176 valence electrons. The molecule has 0 atom stereocenters. The monoisotopic (exact) mass is 450 g/mol. The molecule has 2 aromatic rings. The van der Waals surface area contributed by atoms with Crippen LogP contribution < -0.4 is 10.1 Å². The number of nitrogens with one attached hydrogen (secondary N) is 1. The first-order valence-electron chi connectivity index (χ1n) is 12.2. The van der Waals surface area contributed by atoms with Crippen molar-refractivity contribution in [3.05, 3.63) is 71.0 Å². The largest absolute Gasteiger partial charge is 0.496 e. The maximum Gasteiger partial charge on any atom is 0.244 e. The summed E-state index contributed by atoms with van der Waals surface area (Å²) in [5.41, 5.74) is 3.64. The molecule has 0 bridgehead atoms. The maximum atomic E-state index is 13.0. The molecule has 1 aliphatic heterocycles. The second-order valence-electron chi connectivity index (χ2n) is 9.34. The number of hydrogen-bond acceptors (Lipinski definition) is 3. The summed E-state index contributed by atoms with van der Waals surface area (Å²) in [5, 5.41) is 3.13. The molecule has 1 N–H and O–H groups in total. The van der Waals surface area contributed by atoms with E-state index in [-0.39, 0.29) is 17.8 Å². The molecule has 4 rings (SSSR count). The third kappa shape index (κ3) is 6.67. The lowest BCUT2D eigenvalue weighted by molar-refractivity contribution is -0.117. The summed E-state index contributed by atoms with van der Waals surface area (Å²) in [6, 6.07) is 12.8. The van der Waals surface area contributed by atoms with Crippen molar-refractivity contribution >= 4 is 12.0 Å². The van der Waals surface area contributed by atoms with Crippen LogP contribution in [0.4, 0.5) is 4.39 Å². The molecule has 2 aromatic carbocycles. The third-order valence-corrected chi connectivity index (χ3v) is 7.17. The Labute approximate surface area is 196 Å². The van der Waals surface area contributed by atoms with E-state index in [4.69, 9.17) is 4.74 Å². The summed E-state index contributed by atoms with van der Waals surface area (Å²) >= 11 is 0. The zero-order valence-corrected chi connectivity index (χ0v) is 19.6. The Bertz CT molecular complexity index is 949. The quantitative estimate of drug-likeness (QED) is 0.603. The van der Waals surface area contributed by atoms with Crippen LogP contribution in [0.25, 0.3) is 6.08 Å². The van der Waals surface area contributed by atoms with E-state index in [2.05, 4.69) is 28.4 Å². The number of fused-ring (bicyclic) bond motifs is 1. The second kappa shape index (κ2) is 11.5. The van der Waals surface area contributed by atoms with E-state index in [0.29, 0.717) is 0 Å². The highest BCUT2D eigenvalue weighted by atomic mass is 19.1. The molecule has 1 saturated carbocycles. The number of ether oxygens (including phenoxy) is 1. The van der Waals surface area contributed by atoms with Crippen LogP contribution in [0.15, 0.2) is 48.5 Å². The zero-order valence-electron chi connectivity index (χ0n) is 19.6. The number of halogens is 1. The van der Waals surface area contributed by atoms with Crippen molar-refractivity contribution in [2.45, 2.75) is 51.0 Å². The smallest absolute Gasteiger partial charge is 0.244 e. The highest BCUT2D eigenvalue weighted by molar-refractivity contribution is 5.91. The predicted octanol–water partition coefficient (Wildman–Crippen LogP) is 5.01. The molecule has 1 aliphatic carbocycles. The SMILES string of the molecule is COc1cccc2c1CCN(CC[C@H]1CC[C@H](NC(=O)/C=C/c3ccc(F)cc3)CC1)CC2. The number of rotatable bonds is 7. The topological polar surface area (TPSA) is 41.6 Å². The molecule has 1 heterocycles.